The minimum Gasteiger partial charge on any atom is -0.326 e. The van der Waals surface area contributed by atoms with Crippen LogP contribution in [0.4, 0.5) is 4.39 Å². The second-order valence-electron chi connectivity index (χ2n) is 2.40. The van der Waals surface area contributed by atoms with E-state index in [-0.39, 0.29) is 24.8 Å². The van der Waals surface area contributed by atoms with Crippen LogP contribution in [0.15, 0.2) is 16.6 Å². The second kappa shape index (κ2) is 4.80. The Kier molecular flexibility index (Phi) is 4.75. The molecular weight excluding hydrogens is 244 g/mol. The van der Waals surface area contributed by atoms with E-state index in [9.17, 15) is 4.39 Å². The first-order chi connectivity index (χ1) is 5.15. The van der Waals surface area contributed by atoms with Crippen molar-refractivity contribution in [2.45, 2.75) is 13.5 Å². The molecule has 0 atom stereocenters. The fourth-order valence-electron chi connectivity index (χ4n) is 0.873. The van der Waals surface area contributed by atoms with Crippen molar-refractivity contribution in [1.29, 1.82) is 0 Å². The van der Waals surface area contributed by atoms with E-state index in [1.165, 1.54) is 6.07 Å². The molecule has 2 N–H and O–H groups in total. The Morgan fingerprint density at radius 3 is 2.58 bits per heavy atom. The Balaban J connectivity index is 0.00000121. The van der Waals surface area contributed by atoms with Crippen molar-refractivity contribution in [2.75, 3.05) is 0 Å². The zero-order chi connectivity index (χ0) is 8.43. The molecule has 0 aliphatic rings. The first-order valence-corrected chi connectivity index (χ1v) is 4.09. The monoisotopic (exact) mass is 253 g/mol. The summed E-state index contributed by atoms with van der Waals surface area (Å²) in [5.74, 6) is -0.245. The third kappa shape index (κ3) is 2.44. The summed E-state index contributed by atoms with van der Waals surface area (Å²) in [4.78, 5) is 0. The van der Waals surface area contributed by atoms with Crippen LogP contribution in [0.5, 0.6) is 0 Å². The molecule has 0 unspecified atom stereocenters. The summed E-state index contributed by atoms with van der Waals surface area (Å²) in [5.41, 5.74) is 6.88. The molecule has 12 heavy (non-hydrogen) atoms. The van der Waals surface area contributed by atoms with E-state index < -0.39 is 0 Å². The third-order valence-electron chi connectivity index (χ3n) is 1.55. The van der Waals surface area contributed by atoms with Gasteiger partial charge in [0.1, 0.15) is 5.82 Å². The van der Waals surface area contributed by atoms with Gasteiger partial charge in [-0.05, 0) is 18.6 Å². The van der Waals surface area contributed by atoms with Gasteiger partial charge in [0.15, 0.2) is 0 Å². The van der Waals surface area contributed by atoms with Crippen LogP contribution < -0.4 is 5.73 Å². The molecule has 1 aromatic rings. The van der Waals surface area contributed by atoms with Gasteiger partial charge in [-0.25, -0.2) is 4.39 Å². The van der Waals surface area contributed by atoms with E-state index >= 15 is 0 Å². The summed E-state index contributed by atoms with van der Waals surface area (Å²) >= 11 is 3.23. The standard InChI is InChI=1S/C8H9BrFN.ClH/c1-5-2-6(4-11)8(10)3-7(5)9;/h2-3H,4,11H2,1H3;1H. The lowest BCUT2D eigenvalue weighted by molar-refractivity contribution is 0.609. The highest BCUT2D eigenvalue weighted by Crippen LogP contribution is 2.19. The molecule has 0 fully saturated rings. The molecule has 1 rings (SSSR count). The molecule has 4 heteroatoms. The van der Waals surface area contributed by atoms with E-state index in [0.29, 0.717) is 5.56 Å². The lowest BCUT2D eigenvalue weighted by atomic mass is 10.1. The predicted molar refractivity (Wildman–Crippen MR) is 54.0 cm³/mol. The Bertz CT molecular complexity index is 278. The molecule has 0 aliphatic heterocycles. The van der Waals surface area contributed by atoms with Gasteiger partial charge in [-0.15, -0.1) is 12.4 Å². The summed E-state index contributed by atoms with van der Waals surface area (Å²) in [7, 11) is 0. The number of nitrogens with two attached hydrogens (primary N) is 1. The van der Waals surface area contributed by atoms with Gasteiger partial charge in [0, 0.05) is 16.6 Å². The van der Waals surface area contributed by atoms with Gasteiger partial charge in [-0.3, -0.25) is 0 Å². The highest BCUT2D eigenvalue weighted by molar-refractivity contribution is 9.10. The fourth-order valence-corrected chi connectivity index (χ4v) is 1.19. The third-order valence-corrected chi connectivity index (χ3v) is 2.40. The molecule has 0 saturated carbocycles. The fraction of sp³-hybridized carbons (Fsp3) is 0.250. The van der Waals surface area contributed by atoms with Gasteiger partial charge in [-0.2, -0.15) is 0 Å². The SMILES string of the molecule is Cc1cc(CN)c(F)cc1Br.Cl. The first kappa shape index (κ1) is 11.9. The average molecular weight is 255 g/mol. The zero-order valence-electron chi connectivity index (χ0n) is 6.60. The van der Waals surface area contributed by atoms with Crippen LogP contribution in [-0.2, 0) is 6.54 Å². The quantitative estimate of drug-likeness (QED) is 0.819. The molecule has 0 heterocycles. The summed E-state index contributed by atoms with van der Waals surface area (Å²) in [6.07, 6.45) is 0. The molecule has 0 bridgehead atoms. The first-order valence-electron chi connectivity index (χ1n) is 3.29. The van der Waals surface area contributed by atoms with Crippen molar-refractivity contribution >= 4 is 28.3 Å². The normalized spacial score (nSPS) is 9.33. The molecular formula is C8H10BrClFN. The Morgan fingerprint density at radius 1 is 1.50 bits per heavy atom. The number of rotatable bonds is 1. The van der Waals surface area contributed by atoms with Gasteiger partial charge < -0.3 is 5.73 Å². The van der Waals surface area contributed by atoms with E-state index in [2.05, 4.69) is 15.9 Å². The minimum atomic E-state index is -0.245. The average Bonchev–Trinajstić information content (AvgIpc) is 1.97. The molecule has 0 aliphatic carbocycles. The molecule has 0 amide bonds. The Hall–Kier alpha value is -0.120. The van der Waals surface area contributed by atoms with Crippen molar-refractivity contribution in [3.05, 3.63) is 33.5 Å². The molecule has 0 radical (unpaired) electrons. The Labute approximate surface area is 85.7 Å². The van der Waals surface area contributed by atoms with Gasteiger partial charge in [-0.1, -0.05) is 22.0 Å². The topological polar surface area (TPSA) is 26.0 Å². The van der Waals surface area contributed by atoms with Crippen LogP contribution in [0.25, 0.3) is 0 Å². The molecule has 0 aromatic heterocycles. The number of aryl methyl sites for hydroxylation is 1. The van der Waals surface area contributed by atoms with Crippen molar-refractivity contribution in [1.82, 2.24) is 0 Å². The maximum absolute atomic E-state index is 12.9. The lowest BCUT2D eigenvalue weighted by Gasteiger charge is -2.02. The van der Waals surface area contributed by atoms with Crippen LogP contribution in [-0.4, -0.2) is 0 Å². The van der Waals surface area contributed by atoms with Crippen LogP contribution in [0.3, 0.4) is 0 Å². The highest BCUT2D eigenvalue weighted by atomic mass is 79.9. The second-order valence-corrected chi connectivity index (χ2v) is 3.25. The minimum absolute atomic E-state index is 0. The zero-order valence-corrected chi connectivity index (χ0v) is 9.01. The summed E-state index contributed by atoms with van der Waals surface area (Å²) < 4.78 is 13.7. The Morgan fingerprint density at radius 2 is 2.08 bits per heavy atom. The maximum atomic E-state index is 12.9. The largest absolute Gasteiger partial charge is 0.326 e. The van der Waals surface area contributed by atoms with Crippen LogP contribution in [0.1, 0.15) is 11.1 Å². The molecule has 68 valence electrons. The lowest BCUT2D eigenvalue weighted by Crippen LogP contribution is -2.00. The highest BCUT2D eigenvalue weighted by Gasteiger charge is 2.02. The predicted octanol–water partition coefficient (Wildman–Crippen LogP) is 2.78. The smallest absolute Gasteiger partial charge is 0.128 e. The van der Waals surface area contributed by atoms with E-state index in [0.717, 1.165) is 10.0 Å². The number of hydrogen-bond acceptors (Lipinski definition) is 1. The van der Waals surface area contributed by atoms with Crippen LogP contribution in [0, 0.1) is 12.7 Å². The van der Waals surface area contributed by atoms with Crippen molar-refractivity contribution in [3.8, 4) is 0 Å². The van der Waals surface area contributed by atoms with E-state index in [1.54, 1.807) is 6.07 Å². The molecule has 0 spiro atoms. The summed E-state index contributed by atoms with van der Waals surface area (Å²) in [6, 6.07) is 3.19. The van der Waals surface area contributed by atoms with Crippen molar-refractivity contribution < 1.29 is 4.39 Å². The molecule has 1 aromatic carbocycles. The molecule has 1 nitrogen and oxygen atoms in total. The van der Waals surface area contributed by atoms with Gasteiger partial charge in [0.25, 0.3) is 0 Å². The molecule has 0 saturated heterocycles. The number of benzene rings is 1. The summed E-state index contributed by atoms with van der Waals surface area (Å²) in [6.45, 7) is 2.16. The van der Waals surface area contributed by atoms with Gasteiger partial charge in [0.05, 0.1) is 0 Å². The van der Waals surface area contributed by atoms with Crippen LogP contribution in [0.2, 0.25) is 0 Å². The van der Waals surface area contributed by atoms with E-state index in [1.807, 2.05) is 6.92 Å². The summed E-state index contributed by atoms with van der Waals surface area (Å²) in [5, 5.41) is 0. The van der Waals surface area contributed by atoms with E-state index in [4.69, 9.17) is 5.73 Å². The van der Waals surface area contributed by atoms with Gasteiger partial charge in [0.2, 0.25) is 0 Å². The number of halogens is 3. The van der Waals surface area contributed by atoms with Crippen molar-refractivity contribution in [3.63, 3.8) is 0 Å². The van der Waals surface area contributed by atoms with Crippen molar-refractivity contribution in [2.24, 2.45) is 5.73 Å². The number of hydrogen-bond donors (Lipinski definition) is 1. The maximum Gasteiger partial charge on any atom is 0.128 e. The van der Waals surface area contributed by atoms with Crippen LogP contribution >= 0.6 is 28.3 Å². The van der Waals surface area contributed by atoms with Gasteiger partial charge >= 0.3 is 0 Å².